The van der Waals surface area contributed by atoms with Crippen molar-refractivity contribution in [3.63, 3.8) is 0 Å². The number of esters is 1. The van der Waals surface area contributed by atoms with Crippen molar-refractivity contribution >= 4 is 23.5 Å². The molecule has 2 N–H and O–H groups in total. The van der Waals surface area contributed by atoms with Crippen molar-refractivity contribution in [1.29, 1.82) is 0 Å². The Labute approximate surface area is 208 Å². The highest BCUT2D eigenvalue weighted by atomic mass is 16.5. The summed E-state index contributed by atoms with van der Waals surface area (Å²) in [7, 11) is 1.58. The minimum absolute atomic E-state index is 0.160. The van der Waals surface area contributed by atoms with Gasteiger partial charge in [-0.3, -0.25) is 9.59 Å². The zero-order chi connectivity index (χ0) is 25.4. The summed E-state index contributed by atoms with van der Waals surface area (Å²) in [6.07, 6.45) is 2.65. The standard InChI is InChI=1S/C27H28N4O5/c1-3-36-26(34)23-21-12-15-30(18-6-4-17(5-7-18)27(13-14-27)16-22(28)32)25(33)24(21)31(29-23)19-8-10-20(35-2)11-9-19/h4-11H,3,12-16H2,1-2H3,(H2,28,32). The van der Waals surface area contributed by atoms with Crippen LogP contribution in [0.4, 0.5) is 5.69 Å². The number of methoxy groups -OCH3 is 1. The number of hydrogen-bond acceptors (Lipinski definition) is 6. The molecule has 0 bridgehead atoms. The Morgan fingerprint density at radius 2 is 1.72 bits per heavy atom. The molecule has 1 saturated carbocycles. The molecule has 3 aromatic rings. The topological polar surface area (TPSA) is 117 Å². The fraction of sp³-hybridized carbons (Fsp3) is 0.333. The van der Waals surface area contributed by atoms with E-state index in [0.717, 1.165) is 24.1 Å². The quantitative estimate of drug-likeness (QED) is 0.487. The van der Waals surface area contributed by atoms with Gasteiger partial charge in [0.2, 0.25) is 5.91 Å². The molecule has 5 rings (SSSR count). The van der Waals surface area contributed by atoms with Gasteiger partial charge >= 0.3 is 5.97 Å². The Bertz CT molecular complexity index is 1320. The molecule has 2 heterocycles. The van der Waals surface area contributed by atoms with Gasteiger partial charge in [0.05, 0.1) is 19.4 Å². The van der Waals surface area contributed by atoms with E-state index in [1.54, 1.807) is 43.2 Å². The van der Waals surface area contributed by atoms with Crippen molar-refractivity contribution in [3.8, 4) is 11.4 Å². The van der Waals surface area contributed by atoms with Gasteiger partial charge < -0.3 is 20.1 Å². The summed E-state index contributed by atoms with van der Waals surface area (Å²) in [5.41, 5.74) is 8.79. The van der Waals surface area contributed by atoms with E-state index in [1.165, 1.54) is 4.68 Å². The lowest BCUT2D eigenvalue weighted by atomic mass is 9.92. The van der Waals surface area contributed by atoms with E-state index < -0.39 is 5.97 Å². The predicted molar refractivity (Wildman–Crippen MR) is 133 cm³/mol. The number of nitrogens with two attached hydrogens (primary N) is 1. The SMILES string of the molecule is CCOC(=O)c1nn(-c2ccc(OC)cc2)c2c1CCN(c1ccc(C3(CC(N)=O)CC3)cc1)C2=O. The normalized spacial score (nSPS) is 15.8. The third-order valence-corrected chi connectivity index (χ3v) is 6.96. The second kappa shape index (κ2) is 9.14. The van der Waals surface area contributed by atoms with E-state index in [0.29, 0.717) is 42.1 Å². The van der Waals surface area contributed by atoms with Crippen molar-refractivity contribution in [2.45, 2.75) is 38.0 Å². The minimum Gasteiger partial charge on any atom is -0.497 e. The Hall–Kier alpha value is -4.14. The van der Waals surface area contributed by atoms with Crippen molar-refractivity contribution in [2.75, 3.05) is 25.2 Å². The summed E-state index contributed by atoms with van der Waals surface area (Å²) < 4.78 is 12.0. The molecule has 1 aromatic heterocycles. The van der Waals surface area contributed by atoms with E-state index >= 15 is 0 Å². The Morgan fingerprint density at radius 3 is 2.31 bits per heavy atom. The average Bonchev–Trinajstić information content (AvgIpc) is 3.54. The third kappa shape index (κ3) is 4.10. The monoisotopic (exact) mass is 488 g/mol. The van der Waals surface area contributed by atoms with Crippen LogP contribution in [-0.2, 0) is 21.4 Å². The number of anilines is 1. The molecule has 0 spiro atoms. The Kier molecular flexibility index (Phi) is 5.99. The van der Waals surface area contributed by atoms with E-state index in [9.17, 15) is 14.4 Å². The van der Waals surface area contributed by atoms with E-state index in [-0.39, 0.29) is 29.5 Å². The maximum absolute atomic E-state index is 13.8. The zero-order valence-corrected chi connectivity index (χ0v) is 20.3. The van der Waals surface area contributed by atoms with Crippen LogP contribution in [0, 0.1) is 0 Å². The van der Waals surface area contributed by atoms with Gasteiger partial charge in [0.1, 0.15) is 11.4 Å². The highest BCUT2D eigenvalue weighted by Crippen LogP contribution is 2.51. The maximum Gasteiger partial charge on any atom is 0.359 e. The molecule has 0 saturated heterocycles. The molecule has 2 aromatic carbocycles. The minimum atomic E-state index is -0.546. The molecule has 9 nitrogen and oxygen atoms in total. The Morgan fingerprint density at radius 1 is 1.06 bits per heavy atom. The molecule has 186 valence electrons. The van der Waals surface area contributed by atoms with Gasteiger partial charge in [-0.15, -0.1) is 0 Å². The second-order valence-corrected chi connectivity index (χ2v) is 9.18. The number of rotatable bonds is 8. The van der Waals surface area contributed by atoms with Crippen LogP contribution < -0.4 is 15.4 Å². The first-order valence-corrected chi connectivity index (χ1v) is 12.0. The second-order valence-electron chi connectivity index (χ2n) is 9.18. The zero-order valence-electron chi connectivity index (χ0n) is 20.3. The molecule has 0 unspecified atom stereocenters. The van der Waals surface area contributed by atoms with Gasteiger partial charge in [-0.25, -0.2) is 9.48 Å². The first-order chi connectivity index (χ1) is 17.4. The average molecular weight is 489 g/mol. The predicted octanol–water partition coefficient (Wildman–Crippen LogP) is 3.17. The first-order valence-electron chi connectivity index (χ1n) is 12.0. The summed E-state index contributed by atoms with van der Waals surface area (Å²) in [5.74, 6) is -0.431. The molecule has 2 aliphatic rings. The molecule has 1 aliphatic carbocycles. The first kappa shape index (κ1) is 23.6. The fourth-order valence-corrected chi connectivity index (χ4v) is 4.93. The van der Waals surface area contributed by atoms with Crippen molar-refractivity contribution in [3.05, 3.63) is 71.0 Å². The van der Waals surface area contributed by atoms with Crippen LogP contribution >= 0.6 is 0 Å². The lowest BCUT2D eigenvalue weighted by Crippen LogP contribution is -2.39. The van der Waals surface area contributed by atoms with Gasteiger partial charge in [0, 0.05) is 29.6 Å². The number of carbonyl (C=O) groups excluding carboxylic acids is 3. The van der Waals surface area contributed by atoms with Gasteiger partial charge in [-0.05, 0) is 68.1 Å². The van der Waals surface area contributed by atoms with Crippen LogP contribution in [0.2, 0.25) is 0 Å². The molecule has 9 heteroatoms. The number of hydrogen-bond donors (Lipinski definition) is 1. The lowest BCUT2D eigenvalue weighted by Gasteiger charge is -2.28. The summed E-state index contributed by atoms with van der Waals surface area (Å²) in [5, 5.41) is 4.51. The number of carbonyl (C=O) groups is 3. The third-order valence-electron chi connectivity index (χ3n) is 6.96. The Balaban J connectivity index is 1.50. The summed E-state index contributed by atoms with van der Waals surface area (Å²) in [6, 6.07) is 14.9. The van der Waals surface area contributed by atoms with Crippen LogP contribution in [-0.4, -0.2) is 47.8 Å². The van der Waals surface area contributed by atoms with Crippen LogP contribution in [0.1, 0.15) is 58.3 Å². The molecule has 0 radical (unpaired) electrons. The highest BCUT2D eigenvalue weighted by Gasteiger charge is 2.45. The van der Waals surface area contributed by atoms with Crippen molar-refractivity contribution in [2.24, 2.45) is 5.73 Å². The fourth-order valence-electron chi connectivity index (χ4n) is 4.93. The number of primary amides is 1. The van der Waals surface area contributed by atoms with Crippen molar-refractivity contribution in [1.82, 2.24) is 9.78 Å². The van der Waals surface area contributed by atoms with Crippen LogP contribution in [0.15, 0.2) is 48.5 Å². The molecule has 1 aliphatic heterocycles. The van der Waals surface area contributed by atoms with E-state index in [1.807, 2.05) is 24.3 Å². The number of amides is 2. The van der Waals surface area contributed by atoms with E-state index in [4.69, 9.17) is 15.2 Å². The lowest BCUT2D eigenvalue weighted by molar-refractivity contribution is -0.118. The van der Waals surface area contributed by atoms with Gasteiger partial charge in [-0.2, -0.15) is 5.10 Å². The maximum atomic E-state index is 13.8. The van der Waals surface area contributed by atoms with Gasteiger partial charge in [0.25, 0.3) is 5.91 Å². The largest absolute Gasteiger partial charge is 0.497 e. The molecular weight excluding hydrogens is 460 g/mol. The summed E-state index contributed by atoms with van der Waals surface area (Å²) >= 11 is 0. The van der Waals surface area contributed by atoms with Crippen LogP contribution in [0.25, 0.3) is 5.69 Å². The molecule has 1 fully saturated rings. The number of ether oxygens (including phenoxy) is 2. The van der Waals surface area contributed by atoms with Gasteiger partial charge in [0.15, 0.2) is 5.69 Å². The molecule has 36 heavy (non-hydrogen) atoms. The number of fused-ring (bicyclic) bond motifs is 1. The molecule has 0 atom stereocenters. The smallest absolute Gasteiger partial charge is 0.359 e. The molecular formula is C27H28N4O5. The van der Waals surface area contributed by atoms with Crippen molar-refractivity contribution < 1.29 is 23.9 Å². The number of benzene rings is 2. The van der Waals surface area contributed by atoms with Crippen LogP contribution in [0.5, 0.6) is 5.75 Å². The van der Waals surface area contributed by atoms with E-state index in [2.05, 4.69) is 5.10 Å². The number of aromatic nitrogens is 2. The summed E-state index contributed by atoms with van der Waals surface area (Å²) in [6.45, 7) is 2.35. The number of nitrogens with zero attached hydrogens (tertiary/aromatic N) is 3. The van der Waals surface area contributed by atoms with Crippen LogP contribution in [0.3, 0.4) is 0 Å². The highest BCUT2D eigenvalue weighted by molar-refractivity contribution is 6.09. The van der Waals surface area contributed by atoms with Gasteiger partial charge in [-0.1, -0.05) is 12.1 Å². The molecule has 2 amide bonds. The summed E-state index contributed by atoms with van der Waals surface area (Å²) in [4.78, 5) is 39.6.